The monoisotopic (exact) mass is 333 g/mol. The van der Waals surface area contributed by atoms with Crippen LogP contribution in [0, 0.1) is 11.3 Å². The molecule has 5 heteroatoms. The van der Waals surface area contributed by atoms with Gasteiger partial charge in [-0.15, -0.1) is 6.58 Å². The molecule has 1 spiro atoms. The number of nitrogens with zero attached hydrogens (tertiary/aromatic N) is 2. The zero-order valence-electron chi connectivity index (χ0n) is 14.9. The molecule has 0 bridgehead atoms. The van der Waals surface area contributed by atoms with Crippen LogP contribution < -0.4 is 5.32 Å². The van der Waals surface area contributed by atoms with E-state index in [2.05, 4.69) is 21.7 Å². The molecule has 24 heavy (non-hydrogen) atoms. The Morgan fingerprint density at radius 3 is 2.50 bits per heavy atom. The number of carbonyl (C=O) groups excluding carboxylic acids is 2. The van der Waals surface area contributed by atoms with E-state index in [1.165, 1.54) is 6.42 Å². The van der Waals surface area contributed by atoms with Crippen LogP contribution in [-0.2, 0) is 9.59 Å². The van der Waals surface area contributed by atoms with Crippen LogP contribution in [0.2, 0.25) is 0 Å². The Kier molecular flexibility index (Phi) is 5.28. The van der Waals surface area contributed by atoms with Crippen molar-refractivity contribution in [2.24, 2.45) is 11.3 Å². The predicted octanol–water partition coefficient (Wildman–Crippen LogP) is 1.79. The summed E-state index contributed by atoms with van der Waals surface area (Å²) in [6, 6.07) is -0.0997. The third-order valence-corrected chi connectivity index (χ3v) is 6.30. The molecule has 134 valence electrons. The molecule has 0 aromatic carbocycles. The van der Waals surface area contributed by atoms with Crippen molar-refractivity contribution < 1.29 is 9.59 Å². The predicted molar refractivity (Wildman–Crippen MR) is 94.4 cm³/mol. The molecule has 1 aliphatic carbocycles. The van der Waals surface area contributed by atoms with Gasteiger partial charge in [0.1, 0.15) is 0 Å². The maximum absolute atomic E-state index is 12.7. The molecule has 5 nitrogen and oxygen atoms in total. The summed E-state index contributed by atoms with van der Waals surface area (Å²) >= 11 is 0. The lowest BCUT2D eigenvalue weighted by molar-refractivity contribution is -0.135. The highest BCUT2D eigenvalue weighted by Crippen LogP contribution is 2.60. The fourth-order valence-corrected chi connectivity index (χ4v) is 4.43. The summed E-state index contributed by atoms with van der Waals surface area (Å²) in [5.41, 5.74) is 0.238. The number of hydrogen-bond acceptors (Lipinski definition) is 3. The molecule has 2 unspecified atom stereocenters. The Bertz CT molecular complexity index is 491. The lowest BCUT2D eigenvalue weighted by Crippen LogP contribution is -2.49. The summed E-state index contributed by atoms with van der Waals surface area (Å²) in [5.74, 6) is 0.727. The van der Waals surface area contributed by atoms with Gasteiger partial charge >= 0.3 is 0 Å². The Morgan fingerprint density at radius 2 is 1.88 bits per heavy atom. The average Bonchev–Trinajstić information content (AvgIpc) is 3.33. The van der Waals surface area contributed by atoms with Gasteiger partial charge in [0.15, 0.2) is 0 Å². The molecule has 1 N–H and O–H groups in total. The van der Waals surface area contributed by atoms with Crippen LogP contribution in [0.3, 0.4) is 0 Å². The average molecular weight is 333 g/mol. The Hall–Kier alpha value is -1.36. The molecule has 0 aromatic rings. The van der Waals surface area contributed by atoms with E-state index >= 15 is 0 Å². The van der Waals surface area contributed by atoms with E-state index in [1.807, 2.05) is 6.92 Å². The van der Waals surface area contributed by atoms with E-state index in [1.54, 1.807) is 6.08 Å². The molecule has 2 aliphatic heterocycles. The fraction of sp³-hybridized carbons (Fsp3) is 0.789. The molecule has 2 heterocycles. The summed E-state index contributed by atoms with van der Waals surface area (Å²) in [7, 11) is 0. The second kappa shape index (κ2) is 7.26. The molecular weight excluding hydrogens is 302 g/mol. The zero-order valence-corrected chi connectivity index (χ0v) is 14.9. The Morgan fingerprint density at radius 1 is 1.21 bits per heavy atom. The quantitative estimate of drug-likeness (QED) is 0.781. The number of amides is 2. The zero-order chi connectivity index (χ0) is 17.2. The molecule has 2 amide bonds. The summed E-state index contributed by atoms with van der Waals surface area (Å²) in [5, 5.41) is 2.88. The topological polar surface area (TPSA) is 52.7 Å². The smallest absolute Gasteiger partial charge is 0.237 e. The Balaban J connectivity index is 1.48. The first-order chi connectivity index (χ1) is 11.6. The van der Waals surface area contributed by atoms with Crippen molar-refractivity contribution in [2.75, 3.05) is 32.7 Å². The Labute approximate surface area is 145 Å². The van der Waals surface area contributed by atoms with Crippen molar-refractivity contribution in [2.45, 2.75) is 51.5 Å². The van der Waals surface area contributed by atoms with E-state index < -0.39 is 0 Å². The summed E-state index contributed by atoms with van der Waals surface area (Å²) in [6.45, 7) is 9.88. The highest BCUT2D eigenvalue weighted by Gasteiger charge is 2.59. The van der Waals surface area contributed by atoms with Gasteiger partial charge in [-0.25, -0.2) is 0 Å². The first-order valence-electron chi connectivity index (χ1n) is 9.49. The fourth-order valence-electron chi connectivity index (χ4n) is 4.43. The SMILES string of the molecule is C=CCNC(=O)C(C)N1CCC2(CC1)CC2C(=O)N1CCCCC1. The van der Waals surface area contributed by atoms with Crippen LogP contribution in [-0.4, -0.2) is 60.4 Å². The van der Waals surface area contributed by atoms with Gasteiger partial charge in [0.2, 0.25) is 11.8 Å². The van der Waals surface area contributed by atoms with Gasteiger partial charge in [0.25, 0.3) is 0 Å². The lowest BCUT2D eigenvalue weighted by atomic mass is 9.89. The standard InChI is InChI=1S/C19H31N3O2/c1-3-9-20-17(23)15(2)21-12-7-19(8-13-21)14-16(19)18(24)22-10-5-4-6-11-22/h3,15-16H,1,4-14H2,2H3,(H,20,23). The van der Waals surface area contributed by atoms with Crippen LogP contribution in [0.15, 0.2) is 12.7 Å². The minimum atomic E-state index is -0.0997. The van der Waals surface area contributed by atoms with Crippen LogP contribution in [0.5, 0.6) is 0 Å². The number of rotatable bonds is 5. The van der Waals surface area contributed by atoms with Crippen molar-refractivity contribution in [3.63, 3.8) is 0 Å². The van der Waals surface area contributed by atoms with E-state index in [-0.39, 0.29) is 23.3 Å². The number of likely N-dealkylation sites (tertiary alicyclic amines) is 2. The second-order valence-electron chi connectivity index (χ2n) is 7.75. The van der Waals surface area contributed by atoms with Crippen LogP contribution in [0.1, 0.15) is 45.4 Å². The molecule has 3 rings (SSSR count). The minimum Gasteiger partial charge on any atom is -0.351 e. The van der Waals surface area contributed by atoms with Gasteiger partial charge in [-0.2, -0.15) is 0 Å². The van der Waals surface area contributed by atoms with Crippen molar-refractivity contribution in [3.8, 4) is 0 Å². The first-order valence-corrected chi connectivity index (χ1v) is 9.49. The molecule has 0 radical (unpaired) electrons. The van der Waals surface area contributed by atoms with Crippen LogP contribution in [0.4, 0.5) is 0 Å². The lowest BCUT2D eigenvalue weighted by Gasteiger charge is -2.36. The number of carbonyl (C=O) groups is 2. The third kappa shape index (κ3) is 3.51. The van der Waals surface area contributed by atoms with Crippen molar-refractivity contribution in [1.82, 2.24) is 15.1 Å². The highest BCUT2D eigenvalue weighted by atomic mass is 16.2. The second-order valence-corrected chi connectivity index (χ2v) is 7.75. The summed E-state index contributed by atoms with van der Waals surface area (Å²) in [6.07, 6.45) is 8.46. The van der Waals surface area contributed by atoms with Gasteiger partial charge in [-0.1, -0.05) is 6.08 Å². The summed E-state index contributed by atoms with van der Waals surface area (Å²) < 4.78 is 0. The minimum absolute atomic E-state index is 0.0718. The van der Waals surface area contributed by atoms with Gasteiger partial charge in [0.05, 0.1) is 6.04 Å². The molecule has 2 saturated heterocycles. The van der Waals surface area contributed by atoms with Crippen molar-refractivity contribution in [1.29, 1.82) is 0 Å². The molecule has 3 aliphatic rings. The van der Waals surface area contributed by atoms with E-state index in [0.29, 0.717) is 12.5 Å². The van der Waals surface area contributed by atoms with Crippen LogP contribution >= 0.6 is 0 Å². The van der Waals surface area contributed by atoms with Crippen LogP contribution in [0.25, 0.3) is 0 Å². The molecule has 3 fully saturated rings. The van der Waals surface area contributed by atoms with Crippen molar-refractivity contribution in [3.05, 3.63) is 12.7 Å². The maximum Gasteiger partial charge on any atom is 0.237 e. The first kappa shape index (κ1) is 17.5. The summed E-state index contributed by atoms with van der Waals surface area (Å²) in [4.78, 5) is 29.2. The van der Waals surface area contributed by atoms with E-state index in [4.69, 9.17) is 0 Å². The van der Waals surface area contributed by atoms with Gasteiger partial charge in [-0.05, 0) is 64.0 Å². The number of nitrogens with one attached hydrogen (secondary N) is 1. The molecule has 1 saturated carbocycles. The van der Waals surface area contributed by atoms with Gasteiger partial charge in [-0.3, -0.25) is 14.5 Å². The largest absolute Gasteiger partial charge is 0.351 e. The molecule has 0 aromatic heterocycles. The van der Waals surface area contributed by atoms with Gasteiger partial charge in [0, 0.05) is 25.6 Å². The normalized spacial score (nSPS) is 27.5. The van der Waals surface area contributed by atoms with Gasteiger partial charge < -0.3 is 10.2 Å². The maximum atomic E-state index is 12.7. The number of hydrogen-bond donors (Lipinski definition) is 1. The van der Waals surface area contributed by atoms with E-state index in [9.17, 15) is 9.59 Å². The molecule has 2 atom stereocenters. The third-order valence-electron chi connectivity index (χ3n) is 6.30. The highest BCUT2D eigenvalue weighted by molar-refractivity contribution is 5.83. The van der Waals surface area contributed by atoms with Crippen molar-refractivity contribution >= 4 is 11.8 Å². The molecular formula is C19H31N3O2. The number of piperidine rings is 2. The van der Waals surface area contributed by atoms with E-state index in [0.717, 1.165) is 58.3 Å².